The second-order valence-electron chi connectivity index (χ2n) is 5.95. The summed E-state index contributed by atoms with van der Waals surface area (Å²) in [7, 11) is 0. The van der Waals surface area contributed by atoms with Crippen molar-refractivity contribution in [1.82, 2.24) is 19.9 Å². The first-order chi connectivity index (χ1) is 11.7. The number of nitrogens with zero attached hydrogens (tertiary/aromatic N) is 3. The molecule has 0 radical (unpaired) electrons. The van der Waals surface area contributed by atoms with Gasteiger partial charge in [-0.25, -0.2) is 9.97 Å². The molecule has 0 saturated heterocycles. The average molecular weight is 319 g/mol. The minimum Gasteiger partial charge on any atom is -0.364 e. The quantitative estimate of drug-likeness (QED) is 0.760. The van der Waals surface area contributed by atoms with Crippen LogP contribution in [0, 0.1) is 6.92 Å². The van der Waals surface area contributed by atoms with Crippen LogP contribution >= 0.6 is 0 Å². The SMILES string of the molecule is Cc1ccc(NC(=O)c2c[nH]c3c2-c2ncncc2CCC3)cn1. The second-order valence-corrected chi connectivity index (χ2v) is 5.95. The number of carbonyl (C=O) groups is 1. The minimum absolute atomic E-state index is 0.162. The van der Waals surface area contributed by atoms with Gasteiger partial charge in [0.25, 0.3) is 5.91 Å². The Morgan fingerprint density at radius 3 is 2.96 bits per heavy atom. The molecule has 0 bridgehead atoms. The highest BCUT2D eigenvalue weighted by Gasteiger charge is 2.24. The summed E-state index contributed by atoms with van der Waals surface area (Å²) < 4.78 is 0. The van der Waals surface area contributed by atoms with Crippen molar-refractivity contribution in [1.29, 1.82) is 0 Å². The monoisotopic (exact) mass is 319 g/mol. The number of aromatic amines is 1. The molecule has 3 aromatic rings. The van der Waals surface area contributed by atoms with Gasteiger partial charge in [-0.15, -0.1) is 0 Å². The highest BCUT2D eigenvalue weighted by Crippen LogP contribution is 2.33. The lowest BCUT2D eigenvalue weighted by Crippen LogP contribution is -2.13. The van der Waals surface area contributed by atoms with Crippen LogP contribution in [0.4, 0.5) is 5.69 Å². The number of hydrogen-bond donors (Lipinski definition) is 2. The zero-order valence-corrected chi connectivity index (χ0v) is 13.3. The maximum absolute atomic E-state index is 12.8. The van der Waals surface area contributed by atoms with Crippen molar-refractivity contribution < 1.29 is 4.79 Å². The molecule has 6 nitrogen and oxygen atoms in total. The van der Waals surface area contributed by atoms with Crippen LogP contribution in [-0.2, 0) is 12.8 Å². The van der Waals surface area contributed by atoms with Gasteiger partial charge in [-0.2, -0.15) is 0 Å². The maximum Gasteiger partial charge on any atom is 0.257 e. The molecule has 3 heterocycles. The molecule has 2 N–H and O–H groups in total. The largest absolute Gasteiger partial charge is 0.364 e. The number of aryl methyl sites for hydroxylation is 3. The number of hydrogen-bond acceptors (Lipinski definition) is 4. The molecule has 1 amide bonds. The molecule has 6 heteroatoms. The van der Waals surface area contributed by atoms with Crippen LogP contribution in [-0.4, -0.2) is 25.8 Å². The van der Waals surface area contributed by atoms with Crippen molar-refractivity contribution in [2.24, 2.45) is 0 Å². The van der Waals surface area contributed by atoms with E-state index < -0.39 is 0 Å². The van der Waals surface area contributed by atoms with Crippen LogP contribution in [0.1, 0.15) is 33.7 Å². The topological polar surface area (TPSA) is 83.6 Å². The van der Waals surface area contributed by atoms with E-state index in [1.807, 2.05) is 25.3 Å². The molecule has 0 spiro atoms. The predicted octanol–water partition coefficient (Wildman–Crippen LogP) is 2.92. The van der Waals surface area contributed by atoms with Crippen molar-refractivity contribution in [2.45, 2.75) is 26.2 Å². The van der Waals surface area contributed by atoms with Crippen molar-refractivity contribution >= 4 is 11.6 Å². The molecule has 1 aliphatic rings. The van der Waals surface area contributed by atoms with Crippen LogP contribution < -0.4 is 5.32 Å². The van der Waals surface area contributed by atoms with E-state index >= 15 is 0 Å². The Morgan fingerprint density at radius 2 is 2.12 bits per heavy atom. The van der Waals surface area contributed by atoms with Gasteiger partial charge in [-0.3, -0.25) is 9.78 Å². The Morgan fingerprint density at radius 1 is 1.21 bits per heavy atom. The van der Waals surface area contributed by atoms with Gasteiger partial charge < -0.3 is 10.3 Å². The first kappa shape index (κ1) is 14.6. The number of H-pyrrole nitrogens is 1. The summed E-state index contributed by atoms with van der Waals surface area (Å²) in [6.45, 7) is 1.91. The number of pyridine rings is 1. The predicted molar refractivity (Wildman–Crippen MR) is 90.8 cm³/mol. The lowest BCUT2D eigenvalue weighted by molar-refractivity contribution is 0.102. The van der Waals surface area contributed by atoms with Gasteiger partial charge in [-0.05, 0) is 43.9 Å². The number of amides is 1. The summed E-state index contributed by atoms with van der Waals surface area (Å²) >= 11 is 0. The number of rotatable bonds is 2. The maximum atomic E-state index is 12.8. The summed E-state index contributed by atoms with van der Waals surface area (Å²) in [6.07, 6.45) is 9.62. The Labute approximate surface area is 139 Å². The highest BCUT2D eigenvalue weighted by atomic mass is 16.1. The zero-order chi connectivity index (χ0) is 16.5. The fourth-order valence-electron chi connectivity index (χ4n) is 3.08. The summed E-state index contributed by atoms with van der Waals surface area (Å²) in [6, 6.07) is 3.72. The first-order valence-electron chi connectivity index (χ1n) is 7.96. The van der Waals surface area contributed by atoms with Gasteiger partial charge in [0.15, 0.2) is 0 Å². The molecule has 1 aliphatic carbocycles. The summed E-state index contributed by atoms with van der Waals surface area (Å²) in [5.74, 6) is -0.162. The third-order valence-electron chi connectivity index (χ3n) is 4.27. The van der Waals surface area contributed by atoms with E-state index in [1.54, 1.807) is 12.4 Å². The number of anilines is 1. The third-order valence-corrected chi connectivity index (χ3v) is 4.27. The molecule has 120 valence electrons. The Bertz CT molecular complexity index is 898. The van der Waals surface area contributed by atoms with Gasteiger partial charge in [0.1, 0.15) is 6.33 Å². The van der Waals surface area contributed by atoms with Crippen molar-refractivity contribution in [3.8, 4) is 11.3 Å². The fraction of sp³-hybridized carbons (Fsp3) is 0.222. The summed E-state index contributed by atoms with van der Waals surface area (Å²) in [5.41, 5.74) is 6.08. The van der Waals surface area contributed by atoms with Crippen molar-refractivity contribution in [3.63, 3.8) is 0 Å². The van der Waals surface area contributed by atoms with Crippen LogP contribution in [0.5, 0.6) is 0 Å². The van der Waals surface area contributed by atoms with E-state index in [0.29, 0.717) is 11.3 Å². The molecule has 0 aliphatic heterocycles. The van der Waals surface area contributed by atoms with Crippen LogP contribution in [0.2, 0.25) is 0 Å². The van der Waals surface area contributed by atoms with E-state index in [-0.39, 0.29) is 5.91 Å². The molecule has 0 aromatic carbocycles. The highest BCUT2D eigenvalue weighted by molar-refractivity contribution is 6.09. The van der Waals surface area contributed by atoms with Crippen LogP contribution in [0.25, 0.3) is 11.3 Å². The van der Waals surface area contributed by atoms with Gasteiger partial charge >= 0.3 is 0 Å². The molecule has 0 fully saturated rings. The first-order valence-corrected chi connectivity index (χ1v) is 7.96. The van der Waals surface area contributed by atoms with Crippen molar-refractivity contribution in [2.75, 3.05) is 5.32 Å². The normalized spacial score (nSPS) is 12.9. The number of carbonyl (C=O) groups excluding carboxylic acids is 1. The van der Waals surface area contributed by atoms with E-state index in [1.165, 1.54) is 6.33 Å². The van der Waals surface area contributed by atoms with E-state index in [4.69, 9.17) is 0 Å². The lowest BCUT2D eigenvalue weighted by atomic mass is 10.0. The molecule has 3 aromatic heterocycles. The van der Waals surface area contributed by atoms with Gasteiger partial charge in [0.05, 0.1) is 23.1 Å². The summed E-state index contributed by atoms with van der Waals surface area (Å²) in [5, 5.41) is 2.91. The molecule has 0 saturated carbocycles. The second kappa shape index (κ2) is 5.88. The molecular weight excluding hydrogens is 302 g/mol. The zero-order valence-electron chi connectivity index (χ0n) is 13.3. The molecule has 0 atom stereocenters. The van der Waals surface area contributed by atoms with E-state index in [0.717, 1.165) is 47.5 Å². The smallest absolute Gasteiger partial charge is 0.257 e. The van der Waals surface area contributed by atoms with Gasteiger partial charge in [0, 0.05) is 29.3 Å². The van der Waals surface area contributed by atoms with Gasteiger partial charge in [0.2, 0.25) is 0 Å². The Balaban J connectivity index is 1.73. The number of nitrogens with one attached hydrogen (secondary N) is 2. The minimum atomic E-state index is -0.162. The third kappa shape index (κ3) is 2.56. The van der Waals surface area contributed by atoms with Crippen LogP contribution in [0.3, 0.4) is 0 Å². The van der Waals surface area contributed by atoms with Crippen molar-refractivity contribution in [3.05, 3.63) is 59.6 Å². The number of fused-ring (bicyclic) bond motifs is 3. The van der Waals surface area contributed by atoms with E-state index in [2.05, 4.69) is 25.3 Å². The molecular formula is C18H17N5O. The Hall–Kier alpha value is -3.02. The lowest BCUT2D eigenvalue weighted by Gasteiger charge is -2.08. The average Bonchev–Trinajstić information content (AvgIpc) is 2.93. The van der Waals surface area contributed by atoms with E-state index in [9.17, 15) is 4.79 Å². The standard InChI is InChI=1S/C18H17N5O/c1-11-5-6-13(8-20-11)23-18(24)14-9-21-15-4-2-3-12-7-19-10-22-17(12)16(14)15/h5-10,21H,2-4H2,1H3,(H,23,24). The van der Waals surface area contributed by atoms with Crippen LogP contribution in [0.15, 0.2) is 37.1 Å². The van der Waals surface area contributed by atoms with Gasteiger partial charge in [-0.1, -0.05) is 0 Å². The molecule has 24 heavy (non-hydrogen) atoms. The fourth-order valence-corrected chi connectivity index (χ4v) is 3.08. The molecule has 4 rings (SSSR count). The molecule has 0 unspecified atom stereocenters. The Kier molecular flexibility index (Phi) is 3.57. The number of aromatic nitrogens is 4. The summed E-state index contributed by atoms with van der Waals surface area (Å²) in [4.78, 5) is 28.8.